The minimum atomic E-state index is -0.851. The molecule has 1 aromatic carbocycles. The van der Waals surface area contributed by atoms with Crippen LogP contribution in [0, 0.1) is 12.8 Å². The lowest BCUT2D eigenvalue weighted by atomic mass is 9.93. The Kier molecular flexibility index (Phi) is 5.29. The van der Waals surface area contributed by atoms with E-state index in [-0.39, 0.29) is 25.1 Å². The number of halogens is 1. The van der Waals surface area contributed by atoms with Crippen molar-refractivity contribution in [3.05, 3.63) is 28.8 Å². The molecule has 1 aliphatic rings. The topological polar surface area (TPSA) is 66.8 Å². The Morgan fingerprint density at radius 2 is 2.14 bits per heavy atom. The van der Waals surface area contributed by atoms with Crippen molar-refractivity contribution in [2.75, 3.05) is 13.2 Å². The minimum absolute atomic E-state index is 0.0344. The van der Waals surface area contributed by atoms with Gasteiger partial charge in [0.1, 0.15) is 5.75 Å². The zero-order valence-corrected chi connectivity index (χ0v) is 13.5. The second kappa shape index (κ2) is 7.01. The average molecular weight is 326 g/mol. The van der Waals surface area contributed by atoms with Crippen LogP contribution in [0.15, 0.2) is 18.2 Å². The molecule has 2 rings (SSSR count). The van der Waals surface area contributed by atoms with E-state index < -0.39 is 11.9 Å². The van der Waals surface area contributed by atoms with Gasteiger partial charge in [-0.1, -0.05) is 17.7 Å². The van der Waals surface area contributed by atoms with Crippen LogP contribution < -0.4 is 4.74 Å². The fourth-order valence-electron chi connectivity index (χ4n) is 2.62. The Bertz CT molecular complexity index is 575. The SMILES string of the molecule is Cc1c(Cl)cccc1OCC(=O)N1CC(C(=O)O)CCC1C. The van der Waals surface area contributed by atoms with Gasteiger partial charge < -0.3 is 14.7 Å². The molecule has 0 saturated carbocycles. The highest BCUT2D eigenvalue weighted by Gasteiger charge is 2.32. The zero-order valence-electron chi connectivity index (χ0n) is 12.7. The van der Waals surface area contributed by atoms with Gasteiger partial charge in [0, 0.05) is 23.2 Å². The highest BCUT2D eigenvalue weighted by molar-refractivity contribution is 6.31. The number of carbonyl (C=O) groups is 2. The Labute approximate surface area is 134 Å². The number of rotatable bonds is 4. The van der Waals surface area contributed by atoms with E-state index in [2.05, 4.69) is 0 Å². The molecule has 22 heavy (non-hydrogen) atoms. The molecule has 1 N–H and O–H groups in total. The highest BCUT2D eigenvalue weighted by Crippen LogP contribution is 2.26. The first-order valence-electron chi connectivity index (χ1n) is 7.30. The highest BCUT2D eigenvalue weighted by atomic mass is 35.5. The van der Waals surface area contributed by atoms with Crippen molar-refractivity contribution in [3.8, 4) is 5.75 Å². The summed E-state index contributed by atoms with van der Waals surface area (Å²) in [7, 11) is 0. The van der Waals surface area contributed by atoms with Crippen LogP contribution in [-0.2, 0) is 9.59 Å². The lowest BCUT2D eigenvalue weighted by Crippen LogP contribution is -2.49. The number of likely N-dealkylation sites (tertiary alicyclic amines) is 1. The number of piperidine rings is 1. The van der Waals surface area contributed by atoms with E-state index in [1.165, 1.54) is 0 Å². The Hall–Kier alpha value is -1.75. The number of carboxylic acid groups (broad SMARTS) is 1. The van der Waals surface area contributed by atoms with Crippen LogP contribution in [0.4, 0.5) is 0 Å². The summed E-state index contributed by atoms with van der Waals surface area (Å²) < 4.78 is 5.55. The first-order chi connectivity index (χ1) is 10.4. The third-order valence-electron chi connectivity index (χ3n) is 4.12. The Balaban J connectivity index is 1.99. The van der Waals surface area contributed by atoms with Crippen LogP contribution in [0.2, 0.25) is 5.02 Å². The molecule has 2 atom stereocenters. The second-order valence-electron chi connectivity index (χ2n) is 5.66. The molecule has 2 unspecified atom stereocenters. The van der Waals surface area contributed by atoms with Gasteiger partial charge in [-0.25, -0.2) is 0 Å². The second-order valence-corrected chi connectivity index (χ2v) is 6.07. The van der Waals surface area contributed by atoms with Crippen LogP contribution >= 0.6 is 11.6 Å². The lowest BCUT2D eigenvalue weighted by molar-refractivity contribution is -0.147. The van der Waals surface area contributed by atoms with Gasteiger partial charge in [-0.05, 0) is 38.8 Å². The number of aliphatic carboxylic acids is 1. The molecule has 1 aromatic rings. The predicted molar refractivity (Wildman–Crippen MR) is 83.2 cm³/mol. The van der Waals surface area contributed by atoms with E-state index in [4.69, 9.17) is 21.4 Å². The van der Waals surface area contributed by atoms with Crippen molar-refractivity contribution < 1.29 is 19.4 Å². The maximum absolute atomic E-state index is 12.3. The number of ether oxygens (including phenoxy) is 1. The summed E-state index contributed by atoms with van der Waals surface area (Å²) in [6.07, 6.45) is 1.30. The maximum atomic E-state index is 12.3. The molecule has 1 heterocycles. The number of carbonyl (C=O) groups excluding carboxylic acids is 1. The van der Waals surface area contributed by atoms with Gasteiger partial charge in [0.05, 0.1) is 5.92 Å². The molecule has 0 bridgehead atoms. The standard InChI is InChI=1S/C16H20ClNO4/c1-10-6-7-12(16(20)21)8-18(10)15(19)9-22-14-5-3-4-13(17)11(14)2/h3-5,10,12H,6-9H2,1-2H3,(H,20,21). The smallest absolute Gasteiger partial charge is 0.308 e. The lowest BCUT2D eigenvalue weighted by Gasteiger charge is -2.36. The monoisotopic (exact) mass is 325 g/mol. The first-order valence-corrected chi connectivity index (χ1v) is 7.68. The molecule has 1 aliphatic heterocycles. The molecular weight excluding hydrogens is 306 g/mol. The van der Waals surface area contributed by atoms with Gasteiger partial charge in [-0.2, -0.15) is 0 Å². The van der Waals surface area contributed by atoms with Gasteiger partial charge in [0.25, 0.3) is 5.91 Å². The summed E-state index contributed by atoms with van der Waals surface area (Å²) in [6, 6.07) is 5.32. The van der Waals surface area contributed by atoms with Crippen LogP contribution in [0.3, 0.4) is 0 Å². The summed E-state index contributed by atoms with van der Waals surface area (Å²) in [6.45, 7) is 3.89. The molecule has 5 nitrogen and oxygen atoms in total. The number of hydrogen-bond acceptors (Lipinski definition) is 3. The van der Waals surface area contributed by atoms with E-state index in [9.17, 15) is 9.59 Å². The first kappa shape index (κ1) is 16.6. The van der Waals surface area contributed by atoms with Gasteiger partial charge in [-0.3, -0.25) is 9.59 Å². The van der Waals surface area contributed by atoms with Gasteiger partial charge in [0.15, 0.2) is 6.61 Å². The molecule has 0 radical (unpaired) electrons. The number of hydrogen-bond donors (Lipinski definition) is 1. The molecular formula is C16H20ClNO4. The molecule has 120 valence electrons. The summed E-state index contributed by atoms with van der Waals surface area (Å²) in [5.41, 5.74) is 0.784. The Morgan fingerprint density at radius 3 is 2.82 bits per heavy atom. The predicted octanol–water partition coefficient (Wildman–Crippen LogP) is 2.74. The Morgan fingerprint density at radius 1 is 1.41 bits per heavy atom. The largest absolute Gasteiger partial charge is 0.483 e. The summed E-state index contributed by atoms with van der Waals surface area (Å²) >= 11 is 6.01. The zero-order chi connectivity index (χ0) is 16.3. The number of amides is 1. The molecule has 0 spiro atoms. The van der Waals surface area contributed by atoms with E-state index in [1.807, 2.05) is 13.8 Å². The minimum Gasteiger partial charge on any atom is -0.483 e. The molecule has 1 fully saturated rings. The van der Waals surface area contributed by atoms with E-state index in [1.54, 1.807) is 23.1 Å². The van der Waals surface area contributed by atoms with Crippen LogP contribution in [0.1, 0.15) is 25.3 Å². The number of carboxylic acids is 1. The third kappa shape index (κ3) is 3.71. The summed E-state index contributed by atoms with van der Waals surface area (Å²) in [4.78, 5) is 25.0. The molecule has 0 aliphatic carbocycles. The van der Waals surface area contributed by atoms with Crippen molar-refractivity contribution in [1.29, 1.82) is 0 Å². The summed E-state index contributed by atoms with van der Waals surface area (Å²) in [5, 5.41) is 9.70. The fraction of sp³-hybridized carbons (Fsp3) is 0.500. The van der Waals surface area contributed by atoms with E-state index in [0.29, 0.717) is 23.6 Å². The van der Waals surface area contributed by atoms with Crippen molar-refractivity contribution in [2.24, 2.45) is 5.92 Å². The van der Waals surface area contributed by atoms with Crippen molar-refractivity contribution in [2.45, 2.75) is 32.7 Å². The molecule has 1 amide bonds. The van der Waals surface area contributed by atoms with Crippen molar-refractivity contribution in [3.63, 3.8) is 0 Å². The maximum Gasteiger partial charge on any atom is 0.308 e. The molecule has 1 saturated heterocycles. The number of nitrogens with zero attached hydrogens (tertiary/aromatic N) is 1. The van der Waals surface area contributed by atoms with Gasteiger partial charge in [0.2, 0.25) is 0 Å². The molecule has 0 aromatic heterocycles. The van der Waals surface area contributed by atoms with Gasteiger partial charge >= 0.3 is 5.97 Å². The van der Waals surface area contributed by atoms with Crippen LogP contribution in [0.5, 0.6) is 5.75 Å². The van der Waals surface area contributed by atoms with E-state index in [0.717, 1.165) is 5.56 Å². The molecule has 6 heteroatoms. The summed E-state index contributed by atoms with van der Waals surface area (Å²) in [5.74, 6) is -0.970. The number of benzene rings is 1. The van der Waals surface area contributed by atoms with Crippen molar-refractivity contribution in [1.82, 2.24) is 4.90 Å². The van der Waals surface area contributed by atoms with Crippen molar-refractivity contribution >= 4 is 23.5 Å². The fourth-order valence-corrected chi connectivity index (χ4v) is 2.79. The van der Waals surface area contributed by atoms with E-state index >= 15 is 0 Å². The van der Waals surface area contributed by atoms with Gasteiger partial charge in [-0.15, -0.1) is 0 Å². The van der Waals surface area contributed by atoms with Crippen LogP contribution in [-0.4, -0.2) is 41.1 Å². The van der Waals surface area contributed by atoms with Crippen LogP contribution in [0.25, 0.3) is 0 Å². The quantitative estimate of drug-likeness (QED) is 0.924. The average Bonchev–Trinajstić information content (AvgIpc) is 2.48. The third-order valence-corrected chi connectivity index (χ3v) is 4.53. The normalized spacial score (nSPS) is 21.5.